The maximum Gasteiger partial charge on any atom is 0.0493 e. The van der Waals surface area contributed by atoms with Crippen LogP contribution in [0.5, 0.6) is 0 Å². The molecule has 24 heavy (non-hydrogen) atoms. The molecule has 121 valence electrons. The van der Waals surface area contributed by atoms with Crippen LogP contribution in [0.1, 0.15) is 0 Å². The Balaban J connectivity index is 0.000000167. The summed E-state index contributed by atoms with van der Waals surface area (Å²) in [5.74, 6) is 0. The van der Waals surface area contributed by atoms with Gasteiger partial charge in [-0.15, -0.1) is 42.0 Å². The Morgan fingerprint density at radius 3 is 2.12 bits per heavy atom. The summed E-state index contributed by atoms with van der Waals surface area (Å²) in [7, 11) is 0. The molecule has 1 radical (unpaired) electrons. The predicted octanol–water partition coefficient (Wildman–Crippen LogP) is 4.22. The summed E-state index contributed by atoms with van der Waals surface area (Å²) in [6, 6.07) is 29.5. The van der Waals surface area contributed by atoms with Crippen LogP contribution in [0.15, 0.2) is 91.4 Å². The van der Waals surface area contributed by atoms with Gasteiger partial charge >= 0.3 is 0 Å². The third-order valence-corrected chi connectivity index (χ3v) is 3.09. The van der Waals surface area contributed by atoms with Crippen LogP contribution >= 0.6 is 0 Å². The number of benzene rings is 2. The van der Waals surface area contributed by atoms with Gasteiger partial charge in [-0.3, -0.25) is 4.68 Å². The Hall–Kier alpha value is -2.55. The largest absolute Gasteiger partial charge is 0.305 e. The molecule has 2 aromatic heterocycles. The molecule has 2 heterocycles. The summed E-state index contributed by atoms with van der Waals surface area (Å²) < 4.78 is 1.78. The van der Waals surface area contributed by atoms with Crippen molar-refractivity contribution in [3.8, 4) is 16.9 Å². The minimum atomic E-state index is 0. The Labute approximate surface area is 155 Å². The first-order valence-electron chi connectivity index (χ1n) is 7.28. The summed E-state index contributed by atoms with van der Waals surface area (Å²) in [5, 5.41) is 4.07. The molecule has 4 rings (SSSR count). The molecule has 0 aliphatic carbocycles. The van der Waals surface area contributed by atoms with Crippen molar-refractivity contribution in [3.63, 3.8) is 0 Å². The third-order valence-electron chi connectivity index (χ3n) is 3.09. The second kappa shape index (κ2) is 9.56. The van der Waals surface area contributed by atoms with Gasteiger partial charge < -0.3 is 4.98 Å². The van der Waals surface area contributed by atoms with Gasteiger partial charge in [-0.1, -0.05) is 12.1 Å². The molecule has 0 N–H and O–H groups in total. The molecule has 0 fully saturated rings. The van der Waals surface area contributed by atoms with E-state index in [9.17, 15) is 0 Å². The zero-order chi connectivity index (χ0) is 15.7. The zero-order valence-corrected chi connectivity index (χ0v) is 15.2. The van der Waals surface area contributed by atoms with Crippen LogP contribution < -0.4 is 0 Å². The monoisotopic (exact) mass is 490 g/mol. The van der Waals surface area contributed by atoms with Crippen molar-refractivity contribution in [2.24, 2.45) is 0 Å². The molecule has 3 nitrogen and oxygen atoms in total. The molecule has 4 aromatic rings. The molecule has 0 spiro atoms. The van der Waals surface area contributed by atoms with Crippen LogP contribution in [-0.4, -0.2) is 14.8 Å². The Bertz CT molecular complexity index is 764. The summed E-state index contributed by atoms with van der Waals surface area (Å²) >= 11 is 0. The second-order valence-corrected chi connectivity index (χ2v) is 4.69. The molecule has 0 aliphatic rings. The number of hydrogen-bond acceptors (Lipinski definition) is 2. The van der Waals surface area contributed by atoms with Gasteiger partial charge in [0.1, 0.15) is 0 Å². The van der Waals surface area contributed by atoms with E-state index in [0.29, 0.717) is 0 Å². The number of hydrogen-bond donors (Lipinski definition) is 0. The van der Waals surface area contributed by atoms with E-state index in [2.05, 4.69) is 22.2 Å². The third kappa shape index (κ3) is 4.98. The fraction of sp³-hybridized carbons (Fsp3) is 0. The van der Waals surface area contributed by atoms with Gasteiger partial charge in [0.25, 0.3) is 0 Å². The molecular formula is C20H15IrN3-2. The van der Waals surface area contributed by atoms with E-state index in [0.717, 1.165) is 16.9 Å². The van der Waals surface area contributed by atoms with E-state index < -0.39 is 0 Å². The van der Waals surface area contributed by atoms with Gasteiger partial charge in [0.05, 0.1) is 0 Å². The first kappa shape index (κ1) is 17.8. The van der Waals surface area contributed by atoms with Gasteiger partial charge in [-0.2, -0.15) is 29.4 Å². The first-order valence-corrected chi connectivity index (χ1v) is 7.28. The van der Waals surface area contributed by atoms with E-state index in [1.807, 2.05) is 79.0 Å². The Morgan fingerprint density at radius 1 is 0.750 bits per heavy atom. The average Bonchev–Trinajstić information content (AvgIpc) is 3.19. The molecule has 4 heteroatoms. The zero-order valence-electron chi connectivity index (χ0n) is 12.8. The predicted molar refractivity (Wildman–Crippen MR) is 90.9 cm³/mol. The second-order valence-electron chi connectivity index (χ2n) is 4.69. The normalized spacial score (nSPS) is 9.33. The number of rotatable bonds is 2. The smallest absolute Gasteiger partial charge is 0.0493 e. The van der Waals surface area contributed by atoms with Crippen molar-refractivity contribution >= 4 is 0 Å². The summed E-state index contributed by atoms with van der Waals surface area (Å²) in [5.41, 5.74) is 2.98. The van der Waals surface area contributed by atoms with Crippen molar-refractivity contribution in [3.05, 3.63) is 104 Å². The molecule has 0 bridgehead atoms. The molecule has 0 saturated heterocycles. The van der Waals surface area contributed by atoms with Gasteiger partial charge in [-0.05, 0) is 23.5 Å². The molecule has 0 amide bonds. The van der Waals surface area contributed by atoms with Crippen LogP contribution in [0.25, 0.3) is 16.9 Å². The summed E-state index contributed by atoms with van der Waals surface area (Å²) in [4.78, 5) is 4.22. The van der Waals surface area contributed by atoms with Crippen LogP contribution in [0, 0.1) is 12.1 Å². The minimum Gasteiger partial charge on any atom is -0.305 e. The summed E-state index contributed by atoms with van der Waals surface area (Å²) in [6.45, 7) is 0. The minimum absolute atomic E-state index is 0. The van der Waals surface area contributed by atoms with Crippen LogP contribution in [0.4, 0.5) is 0 Å². The van der Waals surface area contributed by atoms with Crippen molar-refractivity contribution < 1.29 is 20.1 Å². The molecule has 0 saturated carbocycles. The van der Waals surface area contributed by atoms with Gasteiger partial charge in [0.2, 0.25) is 0 Å². The van der Waals surface area contributed by atoms with E-state index >= 15 is 0 Å². The number of nitrogens with zero attached hydrogens (tertiary/aromatic N) is 3. The maximum absolute atomic E-state index is 4.22. The van der Waals surface area contributed by atoms with Crippen LogP contribution in [0.2, 0.25) is 0 Å². The van der Waals surface area contributed by atoms with E-state index in [1.165, 1.54) is 0 Å². The van der Waals surface area contributed by atoms with Crippen molar-refractivity contribution in [2.75, 3.05) is 0 Å². The Kier molecular flexibility index (Phi) is 7.09. The van der Waals surface area contributed by atoms with Crippen molar-refractivity contribution in [1.29, 1.82) is 0 Å². The van der Waals surface area contributed by atoms with Crippen molar-refractivity contribution in [1.82, 2.24) is 14.8 Å². The SMILES string of the molecule is [Ir].[c-]1ccccc1-c1ccccn1.[c-]1ccccc1-n1cccn1. The first-order chi connectivity index (χ1) is 11.4. The van der Waals surface area contributed by atoms with Crippen LogP contribution in [-0.2, 0) is 20.1 Å². The number of para-hydroxylation sites is 1. The van der Waals surface area contributed by atoms with E-state index in [1.54, 1.807) is 17.1 Å². The molecule has 0 atom stereocenters. The fourth-order valence-corrected chi connectivity index (χ4v) is 2.01. The standard InChI is InChI=1S/C11H8N.C9H7N2.Ir/c1-2-6-10(7-3-1)11-8-4-5-9-12-11;1-2-5-9(6-3-1)11-8-4-7-10-11;/h1-6,8-9H;1-5,7-8H;/q2*-1;. The number of aromatic nitrogens is 3. The quantitative estimate of drug-likeness (QED) is 0.395. The summed E-state index contributed by atoms with van der Waals surface area (Å²) in [6.07, 6.45) is 5.43. The molecule has 0 unspecified atom stereocenters. The van der Waals surface area contributed by atoms with Gasteiger partial charge in [-0.25, -0.2) is 0 Å². The van der Waals surface area contributed by atoms with Gasteiger partial charge in [0, 0.05) is 38.7 Å². The number of pyridine rings is 1. The molecular weight excluding hydrogens is 474 g/mol. The topological polar surface area (TPSA) is 30.7 Å². The Morgan fingerprint density at radius 2 is 1.54 bits per heavy atom. The maximum atomic E-state index is 4.22. The van der Waals surface area contributed by atoms with E-state index in [-0.39, 0.29) is 20.1 Å². The van der Waals surface area contributed by atoms with Crippen LogP contribution in [0.3, 0.4) is 0 Å². The fourth-order valence-electron chi connectivity index (χ4n) is 2.01. The average molecular weight is 490 g/mol. The molecule has 2 aromatic carbocycles. The van der Waals surface area contributed by atoms with Gasteiger partial charge in [0.15, 0.2) is 0 Å². The molecule has 0 aliphatic heterocycles. The van der Waals surface area contributed by atoms with E-state index in [4.69, 9.17) is 0 Å². The van der Waals surface area contributed by atoms with Crippen molar-refractivity contribution in [2.45, 2.75) is 0 Å².